The lowest BCUT2D eigenvalue weighted by Gasteiger charge is -2.59. The lowest BCUT2D eigenvalue weighted by atomic mass is 9.63. The molecule has 2 heterocycles. The van der Waals surface area contributed by atoms with E-state index < -0.39 is 11.6 Å². The van der Waals surface area contributed by atoms with Crippen molar-refractivity contribution in [3.05, 3.63) is 59.7 Å². The second-order valence-electron chi connectivity index (χ2n) is 7.85. The van der Waals surface area contributed by atoms with E-state index in [0.29, 0.717) is 13.1 Å². The zero-order valence-corrected chi connectivity index (χ0v) is 15.7. The summed E-state index contributed by atoms with van der Waals surface area (Å²) in [5.74, 6) is -1.19. The van der Waals surface area contributed by atoms with Gasteiger partial charge in [-0.1, -0.05) is 12.1 Å². The molecule has 2 aliphatic heterocycles. The van der Waals surface area contributed by atoms with Crippen LogP contribution in [0.3, 0.4) is 0 Å². The molecule has 0 aliphatic carbocycles. The van der Waals surface area contributed by atoms with Crippen LogP contribution in [0.2, 0.25) is 0 Å². The summed E-state index contributed by atoms with van der Waals surface area (Å²) in [5.41, 5.74) is 1.39. The van der Waals surface area contributed by atoms with E-state index in [1.165, 1.54) is 5.56 Å². The highest BCUT2D eigenvalue weighted by molar-refractivity contribution is 5.89. The quantitative estimate of drug-likeness (QED) is 0.820. The number of hydrogen-bond donors (Lipinski definition) is 2. The number of phenols is 1. The fraction of sp³-hybridized carbons (Fsp3) is 0.381. The first-order valence-electron chi connectivity index (χ1n) is 9.37. The number of carbonyl (C=O) groups is 1. The molecule has 1 spiro atoms. The molecule has 0 aromatic heterocycles. The van der Waals surface area contributed by atoms with Gasteiger partial charge in [0.05, 0.1) is 0 Å². The van der Waals surface area contributed by atoms with E-state index in [4.69, 9.17) is 0 Å². The summed E-state index contributed by atoms with van der Waals surface area (Å²) in [5, 5.41) is 12.1. The molecule has 2 aromatic rings. The van der Waals surface area contributed by atoms with Crippen LogP contribution in [0, 0.1) is 17.0 Å². The second-order valence-corrected chi connectivity index (χ2v) is 7.85. The van der Waals surface area contributed by atoms with Crippen molar-refractivity contribution >= 4 is 11.7 Å². The van der Waals surface area contributed by atoms with Crippen molar-refractivity contribution in [2.45, 2.75) is 18.9 Å². The first kappa shape index (κ1) is 18.7. The molecule has 28 heavy (non-hydrogen) atoms. The third-order valence-electron chi connectivity index (χ3n) is 5.95. The molecule has 2 amide bonds. The summed E-state index contributed by atoms with van der Waals surface area (Å²) in [7, 11) is 2.08. The summed E-state index contributed by atoms with van der Waals surface area (Å²) in [6.07, 6.45) is 1.71. The van der Waals surface area contributed by atoms with Crippen LogP contribution < -0.4 is 5.32 Å². The number of likely N-dealkylation sites (tertiary alicyclic amines) is 2. The SMILES string of the molecule is CN1CC2(CCN(C(=O)Nc3cc(F)cc(F)c3)CC2)C1c1ccc(O)cc1. The predicted molar refractivity (Wildman–Crippen MR) is 102 cm³/mol. The Labute approximate surface area is 162 Å². The summed E-state index contributed by atoms with van der Waals surface area (Å²) >= 11 is 0. The van der Waals surface area contributed by atoms with Crippen molar-refractivity contribution < 1.29 is 18.7 Å². The van der Waals surface area contributed by atoms with E-state index in [-0.39, 0.29) is 28.9 Å². The zero-order chi connectivity index (χ0) is 19.9. The number of nitrogens with zero attached hydrogens (tertiary/aromatic N) is 2. The van der Waals surface area contributed by atoms with Gasteiger partial charge in [-0.15, -0.1) is 0 Å². The van der Waals surface area contributed by atoms with E-state index in [1.54, 1.807) is 17.0 Å². The number of benzene rings is 2. The topological polar surface area (TPSA) is 55.8 Å². The molecule has 0 radical (unpaired) electrons. The number of halogens is 2. The van der Waals surface area contributed by atoms with Gasteiger partial charge in [0.2, 0.25) is 0 Å². The molecule has 0 bridgehead atoms. The molecule has 2 saturated heterocycles. The van der Waals surface area contributed by atoms with Gasteiger partial charge < -0.3 is 15.3 Å². The maximum atomic E-state index is 13.3. The lowest BCUT2D eigenvalue weighted by molar-refractivity contribution is -0.0915. The summed E-state index contributed by atoms with van der Waals surface area (Å²) in [4.78, 5) is 16.5. The molecule has 148 valence electrons. The Bertz CT molecular complexity index is 859. The van der Waals surface area contributed by atoms with Gasteiger partial charge in [0, 0.05) is 42.8 Å². The summed E-state index contributed by atoms with van der Waals surface area (Å²) in [6.45, 7) is 2.14. The first-order chi connectivity index (χ1) is 13.4. The second kappa shape index (κ2) is 7.05. The average Bonchev–Trinajstić information content (AvgIpc) is 2.63. The predicted octanol–water partition coefficient (Wildman–Crippen LogP) is 3.97. The van der Waals surface area contributed by atoms with Crippen molar-refractivity contribution in [3.63, 3.8) is 0 Å². The Kier molecular flexibility index (Phi) is 4.71. The van der Waals surface area contributed by atoms with Gasteiger partial charge in [0.25, 0.3) is 0 Å². The summed E-state index contributed by atoms with van der Waals surface area (Å²) in [6, 6.07) is 10.2. The molecule has 2 aromatic carbocycles. The van der Waals surface area contributed by atoms with Gasteiger partial charge >= 0.3 is 6.03 Å². The number of carbonyl (C=O) groups excluding carboxylic acids is 1. The molecule has 5 nitrogen and oxygen atoms in total. The Morgan fingerprint density at radius 3 is 2.29 bits per heavy atom. The van der Waals surface area contributed by atoms with Gasteiger partial charge in [0.1, 0.15) is 17.4 Å². The number of aromatic hydroxyl groups is 1. The highest BCUT2D eigenvalue weighted by Gasteiger charge is 2.52. The van der Waals surface area contributed by atoms with Gasteiger partial charge in [0.15, 0.2) is 0 Å². The van der Waals surface area contributed by atoms with Crippen molar-refractivity contribution in [1.82, 2.24) is 9.80 Å². The van der Waals surface area contributed by atoms with Crippen molar-refractivity contribution in [3.8, 4) is 5.75 Å². The van der Waals surface area contributed by atoms with E-state index in [0.717, 1.165) is 37.6 Å². The lowest BCUT2D eigenvalue weighted by Crippen LogP contribution is -2.61. The number of anilines is 1. The molecule has 2 fully saturated rings. The Balaban J connectivity index is 1.41. The van der Waals surface area contributed by atoms with Gasteiger partial charge in [-0.05, 0) is 49.7 Å². The number of urea groups is 1. The van der Waals surface area contributed by atoms with Crippen molar-refractivity contribution in [2.75, 3.05) is 32.0 Å². The molecule has 1 unspecified atom stereocenters. The van der Waals surface area contributed by atoms with Crippen LogP contribution in [0.5, 0.6) is 5.75 Å². The van der Waals surface area contributed by atoms with Gasteiger partial charge in [-0.3, -0.25) is 4.90 Å². The minimum Gasteiger partial charge on any atom is -0.508 e. The van der Waals surface area contributed by atoms with Crippen LogP contribution in [0.15, 0.2) is 42.5 Å². The monoisotopic (exact) mass is 387 g/mol. The third-order valence-corrected chi connectivity index (χ3v) is 5.95. The Morgan fingerprint density at radius 1 is 1.11 bits per heavy atom. The molecule has 1 atom stereocenters. The van der Waals surface area contributed by atoms with E-state index >= 15 is 0 Å². The smallest absolute Gasteiger partial charge is 0.321 e. The van der Waals surface area contributed by atoms with E-state index in [9.17, 15) is 18.7 Å². The standard InChI is InChI=1S/C21H23F2N3O2/c1-25-13-21(19(25)14-2-4-18(27)5-3-14)6-8-26(9-7-21)20(28)24-17-11-15(22)10-16(23)12-17/h2-5,10-12,19,27H,6-9,13H2,1H3,(H,24,28). The van der Waals surface area contributed by atoms with Crippen LogP contribution in [0.25, 0.3) is 0 Å². The minimum atomic E-state index is -0.720. The fourth-order valence-electron chi connectivity index (χ4n) is 4.71. The highest BCUT2D eigenvalue weighted by atomic mass is 19.1. The van der Waals surface area contributed by atoms with Crippen molar-refractivity contribution in [2.24, 2.45) is 5.41 Å². The number of hydrogen-bond acceptors (Lipinski definition) is 3. The van der Waals surface area contributed by atoms with E-state index in [2.05, 4.69) is 17.3 Å². The molecule has 4 rings (SSSR count). The fourth-order valence-corrected chi connectivity index (χ4v) is 4.71. The normalized spacial score (nSPS) is 21.4. The number of phenolic OH excluding ortho intramolecular Hbond substituents is 1. The summed E-state index contributed by atoms with van der Waals surface area (Å²) < 4.78 is 26.6. The third kappa shape index (κ3) is 3.42. The number of nitrogens with one attached hydrogen (secondary N) is 1. The van der Waals surface area contributed by atoms with Crippen LogP contribution in [0.1, 0.15) is 24.4 Å². The zero-order valence-electron chi connectivity index (χ0n) is 15.7. The Hall–Kier alpha value is -2.67. The highest BCUT2D eigenvalue weighted by Crippen LogP contribution is 2.54. The van der Waals surface area contributed by atoms with Crippen LogP contribution >= 0.6 is 0 Å². The molecule has 2 aliphatic rings. The van der Waals surface area contributed by atoms with Gasteiger partial charge in [-0.2, -0.15) is 0 Å². The average molecular weight is 387 g/mol. The largest absolute Gasteiger partial charge is 0.508 e. The molecular weight excluding hydrogens is 364 g/mol. The molecule has 0 saturated carbocycles. The molecule has 2 N–H and O–H groups in total. The maximum absolute atomic E-state index is 13.3. The van der Waals surface area contributed by atoms with Gasteiger partial charge in [-0.25, -0.2) is 13.6 Å². The number of amides is 2. The minimum absolute atomic E-state index is 0.105. The van der Waals surface area contributed by atoms with Crippen LogP contribution in [-0.4, -0.2) is 47.6 Å². The van der Waals surface area contributed by atoms with E-state index in [1.807, 2.05) is 12.1 Å². The maximum Gasteiger partial charge on any atom is 0.321 e. The first-order valence-corrected chi connectivity index (χ1v) is 9.37. The number of piperidine rings is 1. The molecule has 7 heteroatoms. The van der Waals surface area contributed by atoms with Crippen molar-refractivity contribution in [1.29, 1.82) is 0 Å². The molecular formula is C21H23F2N3O2. The van der Waals surface area contributed by atoms with Crippen LogP contribution in [0.4, 0.5) is 19.3 Å². The Morgan fingerprint density at radius 2 is 1.71 bits per heavy atom. The number of rotatable bonds is 2. The van der Waals surface area contributed by atoms with Crippen LogP contribution in [-0.2, 0) is 0 Å².